The van der Waals surface area contributed by atoms with Gasteiger partial charge in [-0.05, 0) is 11.6 Å². The van der Waals surface area contributed by atoms with Gasteiger partial charge in [0.15, 0.2) is 11.5 Å². The fourth-order valence-corrected chi connectivity index (χ4v) is 1.97. The molecule has 0 unspecified atom stereocenters. The van der Waals surface area contributed by atoms with Crippen LogP contribution in [0.4, 0.5) is 0 Å². The lowest BCUT2D eigenvalue weighted by atomic mass is 10.1. The van der Waals surface area contributed by atoms with E-state index in [0.29, 0.717) is 5.56 Å². The number of rotatable bonds is 1. The topological polar surface area (TPSA) is 70.7 Å². The summed E-state index contributed by atoms with van der Waals surface area (Å²) in [6.45, 7) is 0. The van der Waals surface area contributed by atoms with Crippen LogP contribution in [0.2, 0.25) is 0 Å². The zero-order valence-electron chi connectivity index (χ0n) is 9.83. The van der Waals surface area contributed by atoms with E-state index in [1.165, 1.54) is 18.4 Å². The van der Waals surface area contributed by atoms with E-state index >= 15 is 0 Å². The molecule has 0 saturated carbocycles. The highest BCUT2D eigenvalue weighted by Gasteiger charge is 2.11. The Kier molecular flexibility index (Phi) is 2.49. The van der Waals surface area contributed by atoms with E-state index in [1.807, 2.05) is 18.2 Å². The molecule has 3 aromatic rings. The van der Waals surface area contributed by atoms with Crippen LogP contribution >= 0.6 is 0 Å². The summed E-state index contributed by atoms with van der Waals surface area (Å²) in [5.74, 6) is -0.659. The van der Waals surface area contributed by atoms with Crippen LogP contribution in [0.15, 0.2) is 57.9 Å². The number of benzene rings is 2. The van der Waals surface area contributed by atoms with Crippen LogP contribution in [0.25, 0.3) is 22.1 Å². The van der Waals surface area contributed by atoms with Gasteiger partial charge in [-0.25, -0.2) is 0 Å². The zero-order chi connectivity index (χ0) is 13.4. The highest BCUT2D eigenvalue weighted by molar-refractivity contribution is 5.84. The highest BCUT2D eigenvalue weighted by atomic mass is 16.3. The second-order valence-electron chi connectivity index (χ2n) is 4.18. The molecule has 19 heavy (non-hydrogen) atoms. The van der Waals surface area contributed by atoms with Crippen molar-refractivity contribution in [2.24, 2.45) is 0 Å². The first kappa shape index (κ1) is 11.3. The minimum atomic E-state index is -0.343. The Morgan fingerprint density at radius 2 is 1.63 bits per heavy atom. The average Bonchev–Trinajstić information content (AvgIpc) is 2.42. The fourth-order valence-electron chi connectivity index (χ4n) is 1.97. The lowest BCUT2D eigenvalue weighted by Gasteiger charge is -2.04. The van der Waals surface area contributed by atoms with E-state index in [2.05, 4.69) is 0 Å². The van der Waals surface area contributed by atoms with Crippen LogP contribution in [0.1, 0.15) is 0 Å². The van der Waals surface area contributed by atoms with Gasteiger partial charge >= 0.3 is 0 Å². The molecule has 0 aliphatic heterocycles. The summed E-state index contributed by atoms with van der Waals surface area (Å²) < 4.78 is 5.34. The Bertz CT molecular complexity index is 803. The van der Waals surface area contributed by atoms with Gasteiger partial charge in [0.05, 0.1) is 10.9 Å². The molecule has 0 saturated heterocycles. The molecular formula is C15H10O4. The largest absolute Gasteiger partial charge is 0.504 e. The monoisotopic (exact) mass is 254 g/mol. The van der Waals surface area contributed by atoms with E-state index in [0.717, 1.165) is 5.56 Å². The molecule has 0 aliphatic rings. The normalized spacial score (nSPS) is 10.7. The van der Waals surface area contributed by atoms with Crippen LogP contribution in [0, 0.1) is 0 Å². The molecule has 2 aromatic carbocycles. The van der Waals surface area contributed by atoms with Gasteiger partial charge < -0.3 is 14.6 Å². The molecule has 1 heterocycles. The zero-order valence-corrected chi connectivity index (χ0v) is 9.83. The molecule has 4 heteroatoms. The minimum absolute atomic E-state index is 0.233. The van der Waals surface area contributed by atoms with Crippen LogP contribution in [-0.2, 0) is 0 Å². The first-order valence-electron chi connectivity index (χ1n) is 5.70. The molecule has 0 aliphatic carbocycles. The van der Waals surface area contributed by atoms with Crippen molar-refractivity contribution < 1.29 is 14.6 Å². The number of hydrogen-bond donors (Lipinski definition) is 2. The van der Waals surface area contributed by atoms with Crippen molar-refractivity contribution in [1.82, 2.24) is 0 Å². The molecule has 94 valence electrons. The van der Waals surface area contributed by atoms with Gasteiger partial charge in [-0.15, -0.1) is 0 Å². The summed E-state index contributed by atoms with van der Waals surface area (Å²) in [6, 6.07) is 11.6. The van der Waals surface area contributed by atoms with Crippen molar-refractivity contribution in [3.8, 4) is 22.6 Å². The maximum atomic E-state index is 12.3. The molecule has 3 rings (SSSR count). The number of phenolic OH excluding ortho intramolecular Hbond substituents is 2. The average molecular weight is 254 g/mol. The smallest absolute Gasteiger partial charge is 0.200 e. The second-order valence-corrected chi connectivity index (χ2v) is 4.18. The third-order valence-corrected chi connectivity index (χ3v) is 2.95. The summed E-state index contributed by atoms with van der Waals surface area (Å²) in [5, 5.41) is 19.1. The first-order chi connectivity index (χ1) is 9.16. The Balaban J connectivity index is 2.33. The Labute approximate surface area is 108 Å². The lowest BCUT2D eigenvalue weighted by Crippen LogP contribution is -2.04. The molecule has 0 bridgehead atoms. The van der Waals surface area contributed by atoms with Crippen molar-refractivity contribution in [2.75, 3.05) is 0 Å². The molecular weight excluding hydrogens is 244 g/mol. The second kappa shape index (κ2) is 4.17. The van der Waals surface area contributed by atoms with Gasteiger partial charge in [-0.2, -0.15) is 0 Å². The predicted octanol–water partition coefficient (Wildman–Crippen LogP) is 2.87. The molecule has 2 N–H and O–H groups in total. The van der Waals surface area contributed by atoms with Gasteiger partial charge in [-0.1, -0.05) is 30.3 Å². The van der Waals surface area contributed by atoms with Crippen LogP contribution in [0.5, 0.6) is 11.5 Å². The molecule has 0 spiro atoms. The van der Waals surface area contributed by atoms with E-state index in [-0.39, 0.29) is 27.9 Å². The minimum Gasteiger partial charge on any atom is -0.504 e. The van der Waals surface area contributed by atoms with E-state index < -0.39 is 0 Å². The number of fused-ring (bicyclic) bond motifs is 1. The van der Waals surface area contributed by atoms with E-state index in [1.54, 1.807) is 12.1 Å². The van der Waals surface area contributed by atoms with Crippen LogP contribution in [-0.4, -0.2) is 10.2 Å². The maximum absolute atomic E-state index is 12.3. The molecule has 0 fully saturated rings. The quantitative estimate of drug-likeness (QED) is 0.655. The summed E-state index contributed by atoms with van der Waals surface area (Å²) in [5.41, 5.74) is 1.15. The van der Waals surface area contributed by atoms with Crippen LogP contribution < -0.4 is 5.43 Å². The van der Waals surface area contributed by atoms with Gasteiger partial charge in [0.25, 0.3) is 0 Å². The third-order valence-electron chi connectivity index (χ3n) is 2.95. The summed E-state index contributed by atoms with van der Waals surface area (Å²) in [4.78, 5) is 12.3. The fraction of sp³-hybridized carbons (Fsp3) is 0. The summed E-state index contributed by atoms with van der Waals surface area (Å²) >= 11 is 0. The first-order valence-corrected chi connectivity index (χ1v) is 5.70. The number of hydrogen-bond acceptors (Lipinski definition) is 4. The number of aromatic hydroxyl groups is 2. The van der Waals surface area contributed by atoms with E-state index in [9.17, 15) is 15.0 Å². The molecule has 0 radical (unpaired) electrons. The van der Waals surface area contributed by atoms with Crippen molar-refractivity contribution in [3.05, 3.63) is 59.0 Å². The van der Waals surface area contributed by atoms with Crippen molar-refractivity contribution in [3.63, 3.8) is 0 Å². The van der Waals surface area contributed by atoms with Crippen molar-refractivity contribution >= 4 is 11.0 Å². The molecule has 4 nitrogen and oxygen atoms in total. The van der Waals surface area contributed by atoms with Crippen LogP contribution in [0.3, 0.4) is 0 Å². The summed E-state index contributed by atoms with van der Waals surface area (Å²) in [6.07, 6.45) is 1.36. The standard InChI is InChI=1S/C15H10O4/c16-12-6-10-14(7-13(12)17)19-8-11(15(10)18)9-4-2-1-3-5-9/h1-8,16-17H. The third kappa shape index (κ3) is 1.83. The number of phenols is 2. The van der Waals surface area contributed by atoms with Crippen molar-refractivity contribution in [2.45, 2.75) is 0 Å². The van der Waals surface area contributed by atoms with Gasteiger partial charge in [0, 0.05) is 6.07 Å². The van der Waals surface area contributed by atoms with Gasteiger partial charge in [0.2, 0.25) is 5.43 Å². The SMILES string of the molecule is O=c1c(-c2ccccc2)coc2cc(O)c(O)cc12. The Morgan fingerprint density at radius 1 is 0.947 bits per heavy atom. The predicted molar refractivity (Wildman–Crippen MR) is 71.2 cm³/mol. The lowest BCUT2D eigenvalue weighted by molar-refractivity contribution is 0.403. The van der Waals surface area contributed by atoms with Gasteiger partial charge in [0.1, 0.15) is 11.8 Å². The van der Waals surface area contributed by atoms with Crippen molar-refractivity contribution in [1.29, 1.82) is 0 Å². The van der Waals surface area contributed by atoms with E-state index in [4.69, 9.17) is 4.42 Å². The highest BCUT2D eigenvalue weighted by Crippen LogP contribution is 2.29. The summed E-state index contributed by atoms with van der Waals surface area (Å²) in [7, 11) is 0. The molecule has 0 amide bonds. The molecule has 1 aromatic heterocycles. The maximum Gasteiger partial charge on any atom is 0.200 e. The molecule has 0 atom stereocenters. The Morgan fingerprint density at radius 3 is 2.37 bits per heavy atom. The van der Waals surface area contributed by atoms with Gasteiger partial charge in [-0.3, -0.25) is 4.79 Å². The Hall–Kier alpha value is -2.75.